The minimum atomic E-state index is -0.980. The molecule has 36 heavy (non-hydrogen) atoms. The molecule has 186 valence electrons. The molecule has 0 saturated carbocycles. The molecule has 0 saturated heterocycles. The monoisotopic (exact) mass is 490 g/mol. The second-order valence-electron chi connectivity index (χ2n) is 8.23. The lowest BCUT2D eigenvalue weighted by Gasteiger charge is -2.29. The van der Waals surface area contributed by atoms with E-state index < -0.39 is 6.86 Å². The maximum atomic E-state index is 12.9. The van der Waals surface area contributed by atoms with Gasteiger partial charge in [0.2, 0.25) is 12.8 Å². The fraction of sp³-hybridized carbons (Fsp3) is 0.259. The number of alkyl halides is 1. The SMILES string of the molecule is CCC1CC(=O)N(Cc2ccc(NC(=O)c3ccccn3)cc2)N=C1c1ccc(OC)c(OCF)c1. The third-order valence-electron chi connectivity index (χ3n) is 5.93. The molecule has 2 heterocycles. The quantitative estimate of drug-likeness (QED) is 0.465. The molecule has 0 aliphatic carbocycles. The van der Waals surface area contributed by atoms with Gasteiger partial charge < -0.3 is 14.8 Å². The molecular formula is C27H27FN4O4. The standard InChI is InChI=1S/C27H27FN4O4/c1-3-19-15-25(33)32(31-26(19)20-9-12-23(35-2)24(14-20)36-17-28)16-18-7-10-21(11-8-18)30-27(34)22-6-4-5-13-29-22/h4-14,19H,3,15-17H2,1-2H3,(H,30,34). The summed E-state index contributed by atoms with van der Waals surface area (Å²) in [4.78, 5) is 29.2. The van der Waals surface area contributed by atoms with Crippen molar-refractivity contribution in [3.8, 4) is 11.5 Å². The lowest BCUT2D eigenvalue weighted by atomic mass is 9.89. The van der Waals surface area contributed by atoms with E-state index in [9.17, 15) is 14.0 Å². The maximum Gasteiger partial charge on any atom is 0.274 e. The van der Waals surface area contributed by atoms with Crippen molar-refractivity contribution in [3.63, 3.8) is 0 Å². The van der Waals surface area contributed by atoms with Crippen LogP contribution in [0.4, 0.5) is 10.1 Å². The molecule has 1 aromatic heterocycles. The van der Waals surface area contributed by atoms with Crippen molar-refractivity contribution in [2.24, 2.45) is 11.0 Å². The van der Waals surface area contributed by atoms with Gasteiger partial charge in [0.15, 0.2) is 11.5 Å². The summed E-state index contributed by atoms with van der Waals surface area (Å²) in [5.41, 5.74) is 3.28. The van der Waals surface area contributed by atoms with E-state index in [0.29, 0.717) is 23.6 Å². The maximum absolute atomic E-state index is 12.9. The fourth-order valence-electron chi connectivity index (χ4n) is 4.00. The Morgan fingerprint density at radius 2 is 1.94 bits per heavy atom. The second kappa shape index (κ2) is 11.4. The Morgan fingerprint density at radius 3 is 2.61 bits per heavy atom. The van der Waals surface area contributed by atoms with Crippen molar-refractivity contribution >= 4 is 23.2 Å². The van der Waals surface area contributed by atoms with Gasteiger partial charge in [0, 0.05) is 29.8 Å². The van der Waals surface area contributed by atoms with Gasteiger partial charge in [-0.1, -0.05) is 25.1 Å². The first-order valence-corrected chi connectivity index (χ1v) is 11.6. The van der Waals surface area contributed by atoms with Gasteiger partial charge in [0.25, 0.3) is 5.91 Å². The van der Waals surface area contributed by atoms with Crippen molar-refractivity contribution < 1.29 is 23.5 Å². The van der Waals surface area contributed by atoms with Crippen LogP contribution in [0.3, 0.4) is 0 Å². The molecule has 4 rings (SSSR count). The van der Waals surface area contributed by atoms with Gasteiger partial charge in [0.1, 0.15) is 5.69 Å². The number of aromatic nitrogens is 1. The number of halogens is 1. The van der Waals surface area contributed by atoms with Crippen LogP contribution in [0.15, 0.2) is 72.0 Å². The fourth-order valence-corrected chi connectivity index (χ4v) is 4.00. The zero-order valence-electron chi connectivity index (χ0n) is 20.1. The van der Waals surface area contributed by atoms with Crippen LogP contribution in [0.5, 0.6) is 11.5 Å². The zero-order valence-corrected chi connectivity index (χ0v) is 20.1. The Labute approximate surface area is 208 Å². The topological polar surface area (TPSA) is 93.1 Å². The Morgan fingerprint density at radius 1 is 1.14 bits per heavy atom. The van der Waals surface area contributed by atoms with Gasteiger partial charge >= 0.3 is 0 Å². The molecular weight excluding hydrogens is 463 g/mol. The molecule has 2 amide bonds. The summed E-state index contributed by atoms with van der Waals surface area (Å²) in [7, 11) is 1.49. The van der Waals surface area contributed by atoms with Gasteiger partial charge in [-0.25, -0.2) is 9.40 Å². The molecule has 0 radical (unpaired) electrons. The third kappa shape index (κ3) is 5.68. The highest BCUT2D eigenvalue weighted by molar-refractivity contribution is 6.06. The Hall–Kier alpha value is -4.27. The number of ether oxygens (including phenoxy) is 2. The first kappa shape index (κ1) is 24.8. The summed E-state index contributed by atoms with van der Waals surface area (Å²) < 4.78 is 23.2. The number of carbonyl (C=O) groups excluding carboxylic acids is 2. The van der Waals surface area contributed by atoms with Crippen LogP contribution in [-0.4, -0.2) is 41.5 Å². The van der Waals surface area contributed by atoms with Crippen LogP contribution in [0, 0.1) is 5.92 Å². The van der Waals surface area contributed by atoms with Crippen LogP contribution in [-0.2, 0) is 11.3 Å². The van der Waals surface area contributed by atoms with E-state index in [-0.39, 0.29) is 30.0 Å². The molecule has 0 fully saturated rings. The number of hydrazone groups is 1. The molecule has 1 unspecified atom stereocenters. The van der Waals surface area contributed by atoms with Crippen molar-refractivity contribution in [2.45, 2.75) is 26.3 Å². The summed E-state index contributed by atoms with van der Waals surface area (Å²) in [5.74, 6) is 0.257. The van der Waals surface area contributed by atoms with Crippen LogP contribution >= 0.6 is 0 Å². The van der Waals surface area contributed by atoms with Crippen molar-refractivity contribution in [1.29, 1.82) is 0 Å². The first-order chi connectivity index (χ1) is 17.5. The predicted octanol–water partition coefficient (Wildman–Crippen LogP) is 4.81. The van der Waals surface area contributed by atoms with Crippen LogP contribution in [0.25, 0.3) is 0 Å². The van der Waals surface area contributed by atoms with E-state index in [1.165, 1.54) is 12.1 Å². The smallest absolute Gasteiger partial charge is 0.274 e. The molecule has 1 aliphatic rings. The third-order valence-corrected chi connectivity index (χ3v) is 5.93. The van der Waals surface area contributed by atoms with Gasteiger partial charge in [-0.15, -0.1) is 0 Å². The Kier molecular flexibility index (Phi) is 7.89. The summed E-state index contributed by atoms with van der Waals surface area (Å²) in [6.45, 7) is 1.30. The number of methoxy groups -OCH3 is 1. The number of rotatable bonds is 9. The normalized spacial score (nSPS) is 15.3. The summed E-state index contributed by atoms with van der Waals surface area (Å²) in [5, 5.41) is 8.93. The number of nitrogens with one attached hydrogen (secondary N) is 1. The Bertz CT molecular complexity index is 1250. The number of carbonyl (C=O) groups is 2. The summed E-state index contributed by atoms with van der Waals surface area (Å²) >= 11 is 0. The molecule has 1 atom stereocenters. The minimum absolute atomic E-state index is 0.0652. The summed E-state index contributed by atoms with van der Waals surface area (Å²) in [6, 6.07) is 17.6. The lowest BCUT2D eigenvalue weighted by Crippen LogP contribution is -2.36. The minimum Gasteiger partial charge on any atom is -0.493 e. The van der Waals surface area contributed by atoms with Gasteiger partial charge in [-0.3, -0.25) is 14.6 Å². The second-order valence-corrected chi connectivity index (χ2v) is 8.23. The summed E-state index contributed by atoms with van der Waals surface area (Å²) in [6.07, 6.45) is 2.61. The van der Waals surface area contributed by atoms with Crippen molar-refractivity contribution in [2.75, 3.05) is 19.3 Å². The number of hydrogen-bond acceptors (Lipinski definition) is 6. The molecule has 9 heteroatoms. The van der Waals surface area contributed by atoms with E-state index in [1.807, 2.05) is 25.1 Å². The molecule has 1 aliphatic heterocycles. The molecule has 8 nitrogen and oxygen atoms in total. The highest BCUT2D eigenvalue weighted by Gasteiger charge is 2.29. The predicted molar refractivity (Wildman–Crippen MR) is 134 cm³/mol. The van der Waals surface area contributed by atoms with E-state index in [4.69, 9.17) is 9.47 Å². The molecule has 3 aromatic rings. The van der Waals surface area contributed by atoms with Crippen LogP contribution in [0.2, 0.25) is 0 Å². The van der Waals surface area contributed by atoms with Crippen LogP contribution in [0.1, 0.15) is 41.4 Å². The number of pyridine rings is 1. The molecule has 0 bridgehead atoms. The van der Waals surface area contributed by atoms with Gasteiger partial charge in [-0.2, -0.15) is 5.10 Å². The number of hydrogen-bond donors (Lipinski definition) is 1. The van der Waals surface area contributed by atoms with E-state index in [0.717, 1.165) is 23.3 Å². The number of nitrogens with zero attached hydrogens (tertiary/aromatic N) is 3. The van der Waals surface area contributed by atoms with Crippen LogP contribution < -0.4 is 14.8 Å². The number of amides is 2. The average Bonchev–Trinajstić information content (AvgIpc) is 2.91. The largest absolute Gasteiger partial charge is 0.493 e. The van der Waals surface area contributed by atoms with Gasteiger partial charge in [-0.05, 0) is 54.4 Å². The zero-order chi connectivity index (χ0) is 25.5. The Balaban J connectivity index is 1.52. The number of anilines is 1. The average molecular weight is 491 g/mol. The number of benzene rings is 2. The molecule has 1 N–H and O–H groups in total. The molecule has 2 aromatic carbocycles. The van der Waals surface area contributed by atoms with Crippen molar-refractivity contribution in [3.05, 3.63) is 83.7 Å². The first-order valence-electron chi connectivity index (χ1n) is 11.6. The van der Waals surface area contributed by atoms with Gasteiger partial charge in [0.05, 0.1) is 19.4 Å². The lowest BCUT2D eigenvalue weighted by molar-refractivity contribution is -0.133. The van der Waals surface area contributed by atoms with E-state index >= 15 is 0 Å². The highest BCUT2D eigenvalue weighted by atomic mass is 19.1. The van der Waals surface area contributed by atoms with Crippen molar-refractivity contribution in [1.82, 2.24) is 9.99 Å². The van der Waals surface area contributed by atoms with E-state index in [2.05, 4.69) is 15.4 Å². The molecule has 0 spiro atoms. The highest BCUT2D eigenvalue weighted by Crippen LogP contribution is 2.32. The van der Waals surface area contributed by atoms with E-state index in [1.54, 1.807) is 48.7 Å².